The molecule has 0 bridgehead atoms. The Balaban J connectivity index is 1.70. The van der Waals surface area contributed by atoms with Crippen molar-refractivity contribution in [3.05, 3.63) is 41.7 Å². The van der Waals surface area contributed by atoms with Crippen LogP contribution in [0.4, 0.5) is 19.1 Å². The summed E-state index contributed by atoms with van der Waals surface area (Å²) in [5, 5.41) is 9.74. The molecule has 7 nitrogen and oxygen atoms in total. The second-order valence-corrected chi connectivity index (χ2v) is 4.78. The lowest BCUT2D eigenvalue weighted by molar-refractivity contribution is -0.144. The van der Waals surface area contributed by atoms with Crippen LogP contribution < -0.4 is 10.6 Å². The number of halogens is 3. The van der Waals surface area contributed by atoms with Crippen molar-refractivity contribution in [3.8, 4) is 0 Å². The number of rotatable bonds is 6. The van der Waals surface area contributed by atoms with Crippen molar-refractivity contribution in [2.24, 2.45) is 0 Å². The van der Waals surface area contributed by atoms with Crippen molar-refractivity contribution >= 4 is 17.8 Å². The normalized spacial score (nSPS) is 11.1. The number of aromatic amines is 1. The van der Waals surface area contributed by atoms with E-state index in [1.807, 2.05) is 0 Å². The van der Waals surface area contributed by atoms with Gasteiger partial charge in [0.05, 0.1) is 0 Å². The lowest BCUT2D eigenvalue weighted by Crippen LogP contribution is -2.25. The number of hydrogen-bond acceptors (Lipinski definition) is 4. The molecule has 0 aliphatic rings. The zero-order valence-corrected chi connectivity index (χ0v) is 12.4. The third kappa shape index (κ3) is 5.07. The fraction of sp³-hybridized carbons (Fsp3) is 0.286. The molecule has 0 saturated heterocycles. The van der Waals surface area contributed by atoms with E-state index in [4.69, 9.17) is 0 Å². The van der Waals surface area contributed by atoms with Crippen molar-refractivity contribution in [2.75, 3.05) is 11.9 Å². The lowest BCUT2D eigenvalue weighted by Gasteiger charge is -2.05. The van der Waals surface area contributed by atoms with Gasteiger partial charge in [-0.1, -0.05) is 18.2 Å². The Morgan fingerprint density at radius 1 is 1.17 bits per heavy atom. The maximum absolute atomic E-state index is 12.3. The number of benzene rings is 1. The highest BCUT2D eigenvalue weighted by Gasteiger charge is 2.35. The third-order valence-electron chi connectivity index (χ3n) is 2.91. The van der Waals surface area contributed by atoms with Gasteiger partial charge in [0.15, 0.2) is 0 Å². The Labute approximate surface area is 134 Å². The number of nitrogens with one attached hydrogen (secondary N) is 3. The highest BCUT2D eigenvalue weighted by molar-refractivity contribution is 5.94. The summed E-state index contributed by atoms with van der Waals surface area (Å²) in [6.45, 7) is 0.253. The molecule has 1 aromatic carbocycles. The van der Waals surface area contributed by atoms with Crippen LogP contribution in [0.15, 0.2) is 30.3 Å². The largest absolute Gasteiger partial charge is 0.451 e. The quantitative estimate of drug-likeness (QED) is 0.700. The Hall–Kier alpha value is -2.91. The van der Waals surface area contributed by atoms with Crippen LogP contribution in [0.2, 0.25) is 0 Å². The highest BCUT2D eigenvalue weighted by atomic mass is 19.4. The molecule has 0 aliphatic carbocycles. The summed E-state index contributed by atoms with van der Waals surface area (Å²) >= 11 is 0. The van der Waals surface area contributed by atoms with Crippen molar-refractivity contribution in [1.29, 1.82) is 0 Å². The Bertz CT molecular complexity index is 700. The van der Waals surface area contributed by atoms with E-state index in [1.165, 1.54) is 0 Å². The summed E-state index contributed by atoms with van der Waals surface area (Å²) in [7, 11) is 0. The van der Waals surface area contributed by atoms with Gasteiger partial charge >= 0.3 is 6.18 Å². The van der Waals surface area contributed by atoms with E-state index in [1.54, 1.807) is 35.4 Å². The number of carbonyl (C=O) groups excluding carboxylic acids is 2. The number of amides is 2. The summed E-state index contributed by atoms with van der Waals surface area (Å²) in [5.74, 6) is -2.54. The molecule has 0 atom stereocenters. The van der Waals surface area contributed by atoms with E-state index < -0.39 is 23.9 Å². The Morgan fingerprint density at radius 2 is 1.88 bits per heavy atom. The molecule has 0 aliphatic heterocycles. The summed E-state index contributed by atoms with van der Waals surface area (Å²) in [6, 6.07) is 8.56. The molecule has 0 fully saturated rings. The van der Waals surface area contributed by atoms with Crippen LogP contribution in [0, 0.1) is 0 Å². The number of aromatic nitrogens is 3. The maximum atomic E-state index is 12.3. The highest BCUT2D eigenvalue weighted by Crippen LogP contribution is 2.26. The maximum Gasteiger partial charge on any atom is 0.451 e. The Kier molecular flexibility index (Phi) is 5.51. The summed E-state index contributed by atoms with van der Waals surface area (Å²) in [5.41, 5.74) is 0.502. The van der Waals surface area contributed by atoms with Gasteiger partial charge in [0.2, 0.25) is 17.7 Å². The van der Waals surface area contributed by atoms with Crippen molar-refractivity contribution in [1.82, 2.24) is 20.5 Å². The van der Waals surface area contributed by atoms with Crippen LogP contribution in [-0.2, 0) is 11.0 Å². The van der Waals surface area contributed by atoms with Gasteiger partial charge in [-0.15, -0.1) is 5.10 Å². The molecule has 0 unspecified atom stereocenters. The molecule has 3 N–H and O–H groups in total. The molecule has 0 saturated carbocycles. The SMILES string of the molecule is O=C(CCCNC(=O)c1ccccc1)Nc1n[nH]c(C(F)(F)F)n1. The smallest absolute Gasteiger partial charge is 0.352 e. The Morgan fingerprint density at radius 3 is 2.50 bits per heavy atom. The molecule has 2 aromatic rings. The first-order valence-electron chi connectivity index (χ1n) is 6.99. The molecular weight excluding hydrogens is 327 g/mol. The molecule has 10 heteroatoms. The molecule has 24 heavy (non-hydrogen) atoms. The van der Waals surface area contributed by atoms with E-state index in [9.17, 15) is 22.8 Å². The van der Waals surface area contributed by atoms with Gasteiger partial charge < -0.3 is 5.32 Å². The van der Waals surface area contributed by atoms with Gasteiger partial charge in [0.1, 0.15) is 0 Å². The van der Waals surface area contributed by atoms with Crippen LogP contribution in [0.3, 0.4) is 0 Å². The van der Waals surface area contributed by atoms with Crippen LogP contribution in [0.5, 0.6) is 0 Å². The molecule has 0 spiro atoms. The second kappa shape index (κ2) is 7.57. The molecule has 128 valence electrons. The second-order valence-electron chi connectivity index (χ2n) is 4.78. The van der Waals surface area contributed by atoms with E-state index in [0.717, 1.165) is 0 Å². The van der Waals surface area contributed by atoms with Crippen LogP contribution in [0.1, 0.15) is 29.0 Å². The monoisotopic (exact) mass is 341 g/mol. The number of hydrogen-bond donors (Lipinski definition) is 3. The van der Waals surface area contributed by atoms with Gasteiger partial charge in [-0.25, -0.2) is 0 Å². The number of alkyl halides is 3. The first kappa shape index (κ1) is 17.4. The van der Waals surface area contributed by atoms with E-state index in [0.29, 0.717) is 12.0 Å². The molecule has 2 rings (SSSR count). The average Bonchev–Trinajstić information content (AvgIpc) is 3.01. The zero-order chi connectivity index (χ0) is 17.6. The zero-order valence-electron chi connectivity index (χ0n) is 12.4. The van der Waals surface area contributed by atoms with Crippen LogP contribution >= 0.6 is 0 Å². The van der Waals surface area contributed by atoms with Gasteiger partial charge in [0, 0.05) is 18.5 Å². The van der Waals surface area contributed by atoms with Crippen molar-refractivity contribution < 1.29 is 22.8 Å². The molecule has 1 aromatic heterocycles. The first-order chi connectivity index (χ1) is 11.4. The van der Waals surface area contributed by atoms with Gasteiger partial charge in [-0.3, -0.25) is 20.0 Å². The number of nitrogens with zero attached hydrogens (tertiary/aromatic N) is 2. The minimum atomic E-state index is -4.66. The third-order valence-corrected chi connectivity index (χ3v) is 2.91. The van der Waals surface area contributed by atoms with E-state index >= 15 is 0 Å². The van der Waals surface area contributed by atoms with Crippen LogP contribution in [-0.4, -0.2) is 33.5 Å². The molecule has 2 amide bonds. The lowest BCUT2D eigenvalue weighted by atomic mass is 10.2. The number of carbonyl (C=O) groups is 2. The topological polar surface area (TPSA) is 99.8 Å². The minimum Gasteiger partial charge on any atom is -0.352 e. The van der Waals surface area contributed by atoms with Gasteiger partial charge in [-0.05, 0) is 18.6 Å². The molecular formula is C14H14F3N5O2. The summed E-state index contributed by atoms with van der Waals surface area (Å²) in [4.78, 5) is 26.4. The standard InChI is InChI=1S/C14H14F3N5O2/c15-14(16,17)12-20-13(22-21-12)19-10(23)7-4-8-18-11(24)9-5-2-1-3-6-9/h1-3,5-6H,4,7-8H2,(H,18,24)(H2,19,20,21,22,23). The number of H-pyrrole nitrogens is 1. The minimum absolute atomic E-state index is 0.00492. The van der Waals surface area contributed by atoms with Crippen molar-refractivity contribution in [3.63, 3.8) is 0 Å². The summed E-state index contributed by atoms with van der Waals surface area (Å²) in [6.07, 6.45) is -4.33. The van der Waals surface area contributed by atoms with Crippen molar-refractivity contribution in [2.45, 2.75) is 19.0 Å². The first-order valence-corrected chi connectivity index (χ1v) is 6.99. The van der Waals surface area contributed by atoms with Gasteiger partial charge in [-0.2, -0.15) is 18.2 Å². The predicted molar refractivity (Wildman–Crippen MR) is 78.0 cm³/mol. The van der Waals surface area contributed by atoms with E-state index in [-0.39, 0.29) is 18.9 Å². The molecule has 1 heterocycles. The summed E-state index contributed by atoms with van der Waals surface area (Å²) < 4.78 is 36.9. The molecule has 0 radical (unpaired) electrons. The van der Waals surface area contributed by atoms with E-state index in [2.05, 4.69) is 20.7 Å². The number of anilines is 1. The fourth-order valence-corrected chi connectivity index (χ4v) is 1.77. The van der Waals surface area contributed by atoms with Crippen LogP contribution in [0.25, 0.3) is 0 Å². The average molecular weight is 341 g/mol. The predicted octanol–water partition coefficient (Wildman–Crippen LogP) is 1.97. The fourth-order valence-electron chi connectivity index (χ4n) is 1.77. The van der Waals surface area contributed by atoms with Gasteiger partial charge in [0.25, 0.3) is 5.91 Å².